The van der Waals surface area contributed by atoms with Gasteiger partial charge < -0.3 is 11.5 Å². The van der Waals surface area contributed by atoms with Gasteiger partial charge in [0.2, 0.25) is 5.91 Å². The topological polar surface area (TPSA) is 158 Å². The van der Waals surface area contributed by atoms with E-state index in [9.17, 15) is 13.2 Å². The van der Waals surface area contributed by atoms with E-state index in [4.69, 9.17) is 16.6 Å². The molecule has 6 N–H and O–H groups in total. The SMILES string of the molecule is CCC(=O)N(Cc1nc(N=C(N)N)cs1)S(N)(=O)=O. The van der Waals surface area contributed by atoms with Gasteiger partial charge in [-0.2, -0.15) is 13.4 Å². The number of hydrogen-bond donors (Lipinski definition) is 3. The maximum absolute atomic E-state index is 11.5. The van der Waals surface area contributed by atoms with Gasteiger partial charge in [0, 0.05) is 11.8 Å². The molecule has 0 saturated heterocycles. The molecule has 0 bridgehead atoms. The Bertz CT molecular complexity index is 589. The average Bonchev–Trinajstić information content (AvgIpc) is 2.70. The molecular formula is C8H14N6O3S2. The third kappa shape index (κ3) is 4.46. The molecule has 1 aromatic rings. The van der Waals surface area contributed by atoms with E-state index in [0.29, 0.717) is 9.31 Å². The molecule has 0 aromatic carbocycles. The zero-order valence-corrected chi connectivity index (χ0v) is 11.7. The smallest absolute Gasteiger partial charge is 0.301 e. The van der Waals surface area contributed by atoms with Gasteiger partial charge in [-0.3, -0.25) is 4.79 Å². The molecule has 0 aliphatic heterocycles. The maximum Gasteiger partial charge on any atom is 0.301 e. The van der Waals surface area contributed by atoms with Gasteiger partial charge in [0.25, 0.3) is 0 Å². The monoisotopic (exact) mass is 306 g/mol. The highest BCUT2D eigenvalue weighted by molar-refractivity contribution is 7.87. The van der Waals surface area contributed by atoms with Gasteiger partial charge in [-0.15, -0.1) is 11.3 Å². The van der Waals surface area contributed by atoms with E-state index < -0.39 is 16.1 Å². The summed E-state index contributed by atoms with van der Waals surface area (Å²) in [7, 11) is -4.12. The Morgan fingerprint density at radius 3 is 2.63 bits per heavy atom. The number of nitrogens with zero attached hydrogens (tertiary/aromatic N) is 3. The lowest BCUT2D eigenvalue weighted by molar-refractivity contribution is -0.126. The number of aromatic nitrogens is 1. The molecule has 1 amide bonds. The van der Waals surface area contributed by atoms with Crippen molar-refractivity contribution in [2.24, 2.45) is 21.6 Å². The molecule has 0 fully saturated rings. The molecule has 0 unspecified atom stereocenters. The Labute approximate surface area is 114 Å². The summed E-state index contributed by atoms with van der Waals surface area (Å²) in [6, 6.07) is 0. The molecule has 11 heteroatoms. The highest BCUT2D eigenvalue weighted by Gasteiger charge is 2.23. The molecular weight excluding hydrogens is 292 g/mol. The molecule has 1 rings (SSSR count). The number of thiazole rings is 1. The molecule has 0 aliphatic carbocycles. The number of aliphatic imine (C=N–C) groups is 1. The van der Waals surface area contributed by atoms with E-state index in [1.54, 1.807) is 0 Å². The quantitative estimate of drug-likeness (QED) is 0.467. The number of carbonyl (C=O) groups is 1. The van der Waals surface area contributed by atoms with E-state index in [-0.39, 0.29) is 24.7 Å². The van der Waals surface area contributed by atoms with Crippen LogP contribution < -0.4 is 16.6 Å². The molecule has 0 saturated carbocycles. The zero-order chi connectivity index (χ0) is 14.6. The summed E-state index contributed by atoms with van der Waals surface area (Å²) in [6.07, 6.45) is 0.0164. The predicted molar refractivity (Wildman–Crippen MR) is 71.5 cm³/mol. The van der Waals surface area contributed by atoms with Gasteiger partial charge >= 0.3 is 10.2 Å². The minimum absolute atomic E-state index is 0.0164. The van der Waals surface area contributed by atoms with Crippen molar-refractivity contribution >= 4 is 39.2 Å². The van der Waals surface area contributed by atoms with Crippen molar-refractivity contribution in [1.29, 1.82) is 0 Å². The standard InChI is InChI=1S/C8H14N6O3S2/c1-2-7(15)14(19(11,16)17)3-6-12-5(4-18-6)13-8(9)10/h4H,2-3H2,1H3,(H4,9,10,13)(H2,11,16,17). The van der Waals surface area contributed by atoms with Gasteiger partial charge in [-0.05, 0) is 0 Å². The lowest BCUT2D eigenvalue weighted by atomic mass is 10.4. The van der Waals surface area contributed by atoms with Crippen LogP contribution in [0.3, 0.4) is 0 Å². The number of carbonyl (C=O) groups excluding carboxylic acids is 1. The molecule has 1 heterocycles. The first-order valence-corrected chi connectivity index (χ1v) is 7.49. The Morgan fingerprint density at radius 2 is 2.16 bits per heavy atom. The molecule has 1 aromatic heterocycles. The molecule has 9 nitrogen and oxygen atoms in total. The Kier molecular flexibility index (Phi) is 4.80. The van der Waals surface area contributed by atoms with Crippen LogP contribution in [0.2, 0.25) is 0 Å². The predicted octanol–water partition coefficient (Wildman–Crippen LogP) is -1.01. The van der Waals surface area contributed by atoms with Crippen molar-refractivity contribution in [3.8, 4) is 0 Å². The lowest BCUT2D eigenvalue weighted by Crippen LogP contribution is -2.40. The first kappa shape index (κ1) is 15.3. The van der Waals surface area contributed by atoms with E-state index in [2.05, 4.69) is 9.98 Å². The summed E-state index contributed by atoms with van der Waals surface area (Å²) in [5.41, 5.74) is 10.4. The fourth-order valence-electron chi connectivity index (χ4n) is 1.18. The van der Waals surface area contributed by atoms with E-state index in [0.717, 1.165) is 11.3 Å². The lowest BCUT2D eigenvalue weighted by Gasteiger charge is -2.17. The third-order valence-electron chi connectivity index (χ3n) is 1.95. The number of amides is 1. The second-order valence-corrected chi connectivity index (χ2v) is 5.85. The van der Waals surface area contributed by atoms with E-state index in [1.165, 1.54) is 12.3 Å². The van der Waals surface area contributed by atoms with Gasteiger partial charge in [0.05, 0.1) is 6.54 Å². The second-order valence-electron chi connectivity index (χ2n) is 3.43. The number of nitrogens with two attached hydrogens (primary N) is 3. The fraction of sp³-hybridized carbons (Fsp3) is 0.375. The van der Waals surface area contributed by atoms with Crippen molar-refractivity contribution in [2.45, 2.75) is 19.9 Å². The summed E-state index contributed by atoms with van der Waals surface area (Å²) in [6.45, 7) is 1.30. The molecule has 0 radical (unpaired) electrons. The summed E-state index contributed by atoms with van der Waals surface area (Å²) in [4.78, 5) is 19.2. The summed E-state index contributed by atoms with van der Waals surface area (Å²) < 4.78 is 23.2. The summed E-state index contributed by atoms with van der Waals surface area (Å²) in [5.74, 6) is -0.524. The van der Waals surface area contributed by atoms with Crippen molar-refractivity contribution in [2.75, 3.05) is 0 Å². The van der Waals surface area contributed by atoms with Crippen LogP contribution in [0, 0.1) is 0 Å². The summed E-state index contributed by atoms with van der Waals surface area (Å²) >= 11 is 1.12. The number of rotatable bonds is 5. The highest BCUT2D eigenvalue weighted by atomic mass is 32.2. The highest BCUT2D eigenvalue weighted by Crippen LogP contribution is 2.19. The minimum Gasteiger partial charge on any atom is -0.370 e. The first-order chi connectivity index (χ1) is 8.74. The Balaban J connectivity index is 2.95. The Morgan fingerprint density at radius 1 is 1.53 bits per heavy atom. The van der Waals surface area contributed by atoms with E-state index >= 15 is 0 Å². The van der Waals surface area contributed by atoms with Crippen molar-refractivity contribution in [3.05, 3.63) is 10.4 Å². The van der Waals surface area contributed by atoms with Crippen LogP contribution in [0.5, 0.6) is 0 Å². The molecule has 19 heavy (non-hydrogen) atoms. The zero-order valence-electron chi connectivity index (χ0n) is 10.1. The van der Waals surface area contributed by atoms with Crippen molar-refractivity contribution in [1.82, 2.24) is 9.29 Å². The van der Waals surface area contributed by atoms with Crippen molar-refractivity contribution < 1.29 is 13.2 Å². The second kappa shape index (κ2) is 5.95. The van der Waals surface area contributed by atoms with Crippen LogP contribution in [0.4, 0.5) is 5.82 Å². The van der Waals surface area contributed by atoms with Crippen LogP contribution in [-0.2, 0) is 21.5 Å². The normalized spacial score (nSPS) is 11.1. The number of hydrogen-bond acceptors (Lipinski definition) is 6. The first-order valence-electron chi connectivity index (χ1n) is 5.11. The van der Waals surface area contributed by atoms with Crippen molar-refractivity contribution in [3.63, 3.8) is 0 Å². The largest absolute Gasteiger partial charge is 0.370 e. The van der Waals surface area contributed by atoms with Gasteiger partial charge in [-0.1, -0.05) is 6.92 Å². The molecule has 106 valence electrons. The summed E-state index contributed by atoms with van der Waals surface area (Å²) in [5, 5.41) is 6.87. The van der Waals surface area contributed by atoms with Crippen LogP contribution in [0.25, 0.3) is 0 Å². The molecule has 0 atom stereocenters. The van der Waals surface area contributed by atoms with Crippen LogP contribution in [-0.4, -0.2) is 29.6 Å². The average molecular weight is 306 g/mol. The van der Waals surface area contributed by atoms with Gasteiger partial charge in [0.15, 0.2) is 11.8 Å². The van der Waals surface area contributed by atoms with Crippen LogP contribution >= 0.6 is 11.3 Å². The van der Waals surface area contributed by atoms with Crippen LogP contribution in [0.1, 0.15) is 18.4 Å². The third-order valence-corrected chi connectivity index (χ3v) is 3.72. The molecule has 0 spiro atoms. The maximum atomic E-state index is 11.5. The molecule has 0 aliphatic rings. The van der Waals surface area contributed by atoms with Gasteiger partial charge in [-0.25, -0.2) is 14.4 Å². The number of guanidine groups is 1. The van der Waals surface area contributed by atoms with Gasteiger partial charge in [0.1, 0.15) is 5.01 Å². The van der Waals surface area contributed by atoms with Crippen LogP contribution in [0.15, 0.2) is 10.4 Å². The van der Waals surface area contributed by atoms with E-state index in [1.807, 2.05) is 0 Å². The fourth-order valence-corrected chi connectivity index (χ4v) is 2.67. The minimum atomic E-state index is -4.12. The Hall–Kier alpha value is -1.72.